The lowest BCUT2D eigenvalue weighted by atomic mass is 9.95. The van der Waals surface area contributed by atoms with E-state index in [9.17, 15) is 4.79 Å². The highest BCUT2D eigenvalue weighted by atomic mass is 16.1. The summed E-state index contributed by atoms with van der Waals surface area (Å²) in [6, 6.07) is 17.5. The van der Waals surface area contributed by atoms with Crippen LogP contribution >= 0.6 is 0 Å². The largest absolute Gasteiger partial charge is 0.383 e. The van der Waals surface area contributed by atoms with Crippen LogP contribution in [-0.4, -0.2) is 32.8 Å². The molecule has 156 valence electrons. The summed E-state index contributed by atoms with van der Waals surface area (Å²) in [6.07, 6.45) is 7.17. The number of para-hydroxylation sites is 2. The highest BCUT2D eigenvalue weighted by molar-refractivity contribution is 6.10. The third-order valence-electron chi connectivity index (χ3n) is 5.76. The number of amides is 1. The van der Waals surface area contributed by atoms with Crippen molar-refractivity contribution in [2.24, 2.45) is 5.10 Å². The summed E-state index contributed by atoms with van der Waals surface area (Å²) in [5.41, 5.74) is 10.1. The molecule has 0 spiro atoms. The van der Waals surface area contributed by atoms with E-state index >= 15 is 0 Å². The lowest BCUT2D eigenvalue weighted by Gasteiger charge is -2.22. The van der Waals surface area contributed by atoms with E-state index in [-0.39, 0.29) is 17.8 Å². The van der Waals surface area contributed by atoms with E-state index in [0.717, 1.165) is 36.8 Å². The Hall–Kier alpha value is -3.74. The third-order valence-corrected chi connectivity index (χ3v) is 5.76. The van der Waals surface area contributed by atoms with Crippen LogP contribution in [0.3, 0.4) is 0 Å². The fraction of sp³-hybridized carbons (Fsp3) is 0.250. The number of nitrogens with zero attached hydrogens (tertiary/aromatic N) is 4. The van der Waals surface area contributed by atoms with Gasteiger partial charge in [0.15, 0.2) is 5.65 Å². The van der Waals surface area contributed by atoms with Crippen LogP contribution in [-0.2, 0) is 0 Å². The number of anilines is 1. The predicted molar refractivity (Wildman–Crippen MR) is 123 cm³/mol. The first kappa shape index (κ1) is 19.2. The molecule has 0 atom stereocenters. The lowest BCUT2D eigenvalue weighted by Crippen LogP contribution is -2.36. The van der Waals surface area contributed by atoms with Gasteiger partial charge in [0.2, 0.25) is 0 Å². The molecule has 2 aromatic carbocycles. The molecule has 7 nitrogen and oxygen atoms in total. The summed E-state index contributed by atoms with van der Waals surface area (Å²) in [7, 11) is 0. The SMILES string of the molecule is Nc1c(C(=O)NC2CCCCC2)c2nc3ccccc3nc2n1N=Cc1ccccc1. The molecule has 1 amide bonds. The Balaban J connectivity index is 1.63. The molecule has 0 bridgehead atoms. The van der Waals surface area contributed by atoms with E-state index in [1.165, 1.54) is 11.1 Å². The summed E-state index contributed by atoms with van der Waals surface area (Å²) in [4.78, 5) is 22.7. The first-order valence-corrected chi connectivity index (χ1v) is 10.7. The molecular formula is C24H24N6O. The minimum absolute atomic E-state index is 0.167. The van der Waals surface area contributed by atoms with Gasteiger partial charge >= 0.3 is 0 Å². The van der Waals surface area contributed by atoms with Crippen LogP contribution < -0.4 is 11.1 Å². The molecule has 4 aromatic rings. The van der Waals surface area contributed by atoms with Gasteiger partial charge in [-0.25, -0.2) is 9.97 Å². The first-order chi connectivity index (χ1) is 15.2. The van der Waals surface area contributed by atoms with Gasteiger partial charge in [0.1, 0.15) is 16.9 Å². The average molecular weight is 412 g/mol. The molecule has 7 heteroatoms. The van der Waals surface area contributed by atoms with Crippen LogP contribution in [0.25, 0.3) is 22.2 Å². The highest BCUT2D eigenvalue weighted by Gasteiger charge is 2.26. The van der Waals surface area contributed by atoms with E-state index in [1.54, 1.807) is 6.21 Å². The normalized spacial score (nSPS) is 15.1. The van der Waals surface area contributed by atoms with Crippen molar-refractivity contribution in [3.8, 4) is 0 Å². The van der Waals surface area contributed by atoms with Crippen LogP contribution in [0.15, 0.2) is 59.7 Å². The molecule has 1 aliphatic carbocycles. The van der Waals surface area contributed by atoms with Crippen molar-refractivity contribution in [2.45, 2.75) is 38.1 Å². The number of nitrogens with two attached hydrogens (primary N) is 1. The van der Waals surface area contributed by atoms with Crippen molar-refractivity contribution in [3.05, 3.63) is 65.7 Å². The zero-order chi connectivity index (χ0) is 21.2. The quantitative estimate of drug-likeness (QED) is 0.493. The Morgan fingerprint density at radius 3 is 2.42 bits per heavy atom. The lowest BCUT2D eigenvalue weighted by molar-refractivity contribution is 0.0930. The molecule has 5 rings (SSSR count). The number of aromatic nitrogens is 3. The Kier molecular flexibility index (Phi) is 5.08. The zero-order valence-corrected chi connectivity index (χ0v) is 17.2. The smallest absolute Gasteiger partial charge is 0.257 e. The predicted octanol–water partition coefficient (Wildman–Crippen LogP) is 4.11. The second-order valence-electron chi connectivity index (χ2n) is 7.92. The zero-order valence-electron chi connectivity index (χ0n) is 17.2. The van der Waals surface area contributed by atoms with Crippen molar-refractivity contribution < 1.29 is 4.79 Å². The Bertz CT molecular complexity index is 1270. The van der Waals surface area contributed by atoms with Crippen molar-refractivity contribution in [1.82, 2.24) is 20.0 Å². The number of nitrogen functional groups attached to an aromatic ring is 1. The molecule has 1 aliphatic rings. The molecular weight excluding hydrogens is 388 g/mol. The fourth-order valence-electron chi connectivity index (χ4n) is 4.16. The van der Waals surface area contributed by atoms with E-state index in [2.05, 4.69) is 10.4 Å². The number of carbonyl (C=O) groups excluding carboxylic acids is 1. The molecule has 1 saturated carbocycles. The average Bonchev–Trinajstić information content (AvgIpc) is 3.07. The van der Waals surface area contributed by atoms with Gasteiger partial charge in [0, 0.05) is 6.04 Å². The molecule has 0 radical (unpaired) electrons. The first-order valence-electron chi connectivity index (χ1n) is 10.7. The summed E-state index contributed by atoms with van der Waals surface area (Å²) in [6.45, 7) is 0. The summed E-state index contributed by atoms with van der Waals surface area (Å²) in [5.74, 6) is 0.0263. The Morgan fingerprint density at radius 2 is 1.68 bits per heavy atom. The number of benzene rings is 2. The minimum atomic E-state index is -0.215. The van der Waals surface area contributed by atoms with Crippen LogP contribution in [0.2, 0.25) is 0 Å². The number of carbonyl (C=O) groups is 1. The van der Waals surface area contributed by atoms with E-state index in [4.69, 9.17) is 15.7 Å². The molecule has 31 heavy (non-hydrogen) atoms. The van der Waals surface area contributed by atoms with E-state index in [0.29, 0.717) is 22.2 Å². The van der Waals surface area contributed by atoms with Crippen molar-refractivity contribution in [2.75, 3.05) is 5.73 Å². The summed E-state index contributed by atoms with van der Waals surface area (Å²) >= 11 is 0. The van der Waals surface area contributed by atoms with Gasteiger partial charge in [0.25, 0.3) is 5.91 Å². The fourth-order valence-corrected chi connectivity index (χ4v) is 4.16. The molecule has 2 aromatic heterocycles. The molecule has 0 unspecified atom stereocenters. The van der Waals surface area contributed by atoms with Gasteiger partial charge in [-0.2, -0.15) is 9.78 Å². The number of nitrogens with one attached hydrogen (secondary N) is 1. The van der Waals surface area contributed by atoms with Gasteiger partial charge in [0.05, 0.1) is 17.2 Å². The van der Waals surface area contributed by atoms with E-state index < -0.39 is 0 Å². The second kappa shape index (κ2) is 8.18. The molecule has 1 fully saturated rings. The minimum Gasteiger partial charge on any atom is -0.383 e. The van der Waals surface area contributed by atoms with Gasteiger partial charge in [-0.1, -0.05) is 61.7 Å². The molecule has 0 saturated heterocycles. The van der Waals surface area contributed by atoms with Crippen LogP contribution in [0, 0.1) is 0 Å². The summed E-state index contributed by atoms with van der Waals surface area (Å²) < 4.78 is 1.51. The molecule has 0 aliphatic heterocycles. The van der Waals surface area contributed by atoms with Crippen molar-refractivity contribution >= 4 is 40.1 Å². The number of fused-ring (bicyclic) bond motifs is 2. The highest BCUT2D eigenvalue weighted by Crippen LogP contribution is 2.28. The van der Waals surface area contributed by atoms with Gasteiger partial charge in [-0.05, 0) is 30.5 Å². The van der Waals surface area contributed by atoms with Crippen LogP contribution in [0.1, 0.15) is 48.0 Å². The molecule has 3 N–H and O–H groups in total. The van der Waals surface area contributed by atoms with Crippen molar-refractivity contribution in [1.29, 1.82) is 0 Å². The number of hydrogen-bond donors (Lipinski definition) is 2. The Labute approximate surface area is 180 Å². The maximum absolute atomic E-state index is 13.2. The monoisotopic (exact) mass is 412 g/mol. The van der Waals surface area contributed by atoms with Crippen LogP contribution in [0.4, 0.5) is 5.82 Å². The van der Waals surface area contributed by atoms with Gasteiger partial charge in [-0.15, -0.1) is 0 Å². The third kappa shape index (κ3) is 3.74. The van der Waals surface area contributed by atoms with Gasteiger partial charge in [-0.3, -0.25) is 4.79 Å². The molecule has 2 heterocycles. The number of rotatable bonds is 4. The Morgan fingerprint density at radius 1 is 1.00 bits per heavy atom. The number of hydrogen-bond acceptors (Lipinski definition) is 5. The topological polar surface area (TPSA) is 98.2 Å². The maximum atomic E-state index is 13.2. The van der Waals surface area contributed by atoms with E-state index in [1.807, 2.05) is 54.6 Å². The standard InChI is InChI=1S/C24H24N6O/c25-22-20(24(31)27-17-11-5-2-6-12-17)21-23(29-19-14-8-7-13-18(19)28-21)30(22)26-15-16-9-3-1-4-10-16/h1,3-4,7-10,13-15,17H,2,5-6,11-12,25H2,(H,27,31). The maximum Gasteiger partial charge on any atom is 0.257 e. The van der Waals surface area contributed by atoms with Crippen LogP contribution in [0.5, 0.6) is 0 Å². The van der Waals surface area contributed by atoms with Gasteiger partial charge < -0.3 is 11.1 Å². The van der Waals surface area contributed by atoms with Crippen molar-refractivity contribution in [3.63, 3.8) is 0 Å². The second-order valence-corrected chi connectivity index (χ2v) is 7.92. The summed E-state index contributed by atoms with van der Waals surface area (Å²) in [5, 5.41) is 7.70.